The first-order valence-corrected chi connectivity index (χ1v) is 8.18. The lowest BCUT2D eigenvalue weighted by molar-refractivity contribution is -0.144. The Morgan fingerprint density at radius 2 is 1.85 bits per heavy atom. The highest BCUT2D eigenvalue weighted by Crippen LogP contribution is 2.29. The molecule has 132 valence electrons. The molecule has 0 fully saturated rings. The Bertz CT molecular complexity index is 960. The number of aliphatic imine (C=N–C) groups is 1. The van der Waals surface area contributed by atoms with Crippen molar-refractivity contribution in [3.05, 3.63) is 66.2 Å². The van der Waals surface area contributed by atoms with Crippen LogP contribution in [0.25, 0.3) is 10.8 Å². The van der Waals surface area contributed by atoms with Crippen molar-refractivity contribution in [2.24, 2.45) is 4.99 Å². The predicted molar refractivity (Wildman–Crippen MR) is 102 cm³/mol. The van der Waals surface area contributed by atoms with Crippen molar-refractivity contribution in [3.8, 4) is 11.5 Å². The molecule has 5 nitrogen and oxygen atoms in total. The molecule has 0 spiro atoms. The molecule has 3 rings (SSSR count). The van der Waals surface area contributed by atoms with E-state index in [-0.39, 0.29) is 0 Å². The van der Waals surface area contributed by atoms with Gasteiger partial charge in [0.1, 0.15) is 0 Å². The van der Waals surface area contributed by atoms with Crippen LogP contribution in [0.5, 0.6) is 11.5 Å². The monoisotopic (exact) mass is 349 g/mol. The van der Waals surface area contributed by atoms with Crippen molar-refractivity contribution in [1.82, 2.24) is 0 Å². The average Bonchev–Trinajstić information content (AvgIpc) is 2.66. The molecule has 0 aromatic heterocycles. The van der Waals surface area contributed by atoms with E-state index in [4.69, 9.17) is 14.6 Å². The van der Waals surface area contributed by atoms with E-state index >= 15 is 0 Å². The second-order valence-corrected chi connectivity index (χ2v) is 5.77. The van der Waals surface area contributed by atoms with Gasteiger partial charge in [0, 0.05) is 11.6 Å². The number of ether oxygens (including phenoxy) is 2. The molecule has 0 bridgehead atoms. The van der Waals surface area contributed by atoms with E-state index in [9.17, 15) is 4.79 Å². The first-order valence-electron chi connectivity index (χ1n) is 8.18. The van der Waals surface area contributed by atoms with E-state index in [1.807, 2.05) is 42.5 Å². The molecular weight excluding hydrogens is 330 g/mol. The Kier molecular flexibility index (Phi) is 5.17. The van der Waals surface area contributed by atoms with E-state index in [0.717, 1.165) is 22.0 Å². The second kappa shape index (κ2) is 7.70. The molecule has 5 heteroatoms. The van der Waals surface area contributed by atoms with E-state index in [2.05, 4.69) is 4.99 Å². The summed E-state index contributed by atoms with van der Waals surface area (Å²) in [5.74, 6) is -0.196. The first kappa shape index (κ1) is 17.5. The number of nitrogens with zero attached hydrogens (tertiary/aromatic N) is 1. The molecule has 1 N–H and O–H groups in total. The van der Waals surface area contributed by atoms with Gasteiger partial charge < -0.3 is 14.6 Å². The van der Waals surface area contributed by atoms with Gasteiger partial charge >= 0.3 is 5.97 Å². The summed E-state index contributed by atoms with van der Waals surface area (Å²) in [6.07, 6.45) is 0.786. The van der Waals surface area contributed by atoms with Crippen LogP contribution in [0.4, 0.5) is 5.69 Å². The number of aliphatic carboxylic acids is 1. The molecule has 3 aromatic carbocycles. The number of rotatable bonds is 6. The minimum atomic E-state index is -1.03. The lowest BCUT2D eigenvalue weighted by Gasteiger charge is -2.14. The summed E-state index contributed by atoms with van der Waals surface area (Å²) in [6, 6.07) is 19.3. The molecular formula is C21H19NO4. The smallest absolute Gasteiger partial charge is 0.344 e. The molecule has 0 aliphatic heterocycles. The van der Waals surface area contributed by atoms with Crippen LogP contribution in [0.2, 0.25) is 0 Å². The maximum atomic E-state index is 10.9. The van der Waals surface area contributed by atoms with Crippen molar-refractivity contribution >= 4 is 28.6 Å². The zero-order valence-corrected chi connectivity index (χ0v) is 14.5. The number of hydrogen-bond acceptors (Lipinski definition) is 4. The minimum Gasteiger partial charge on any atom is -0.493 e. The Balaban J connectivity index is 1.87. The summed E-state index contributed by atoms with van der Waals surface area (Å²) in [6.45, 7) is 1.47. The topological polar surface area (TPSA) is 68.1 Å². The van der Waals surface area contributed by atoms with Crippen LogP contribution in [-0.4, -0.2) is 30.5 Å². The number of methoxy groups -OCH3 is 1. The van der Waals surface area contributed by atoms with Crippen LogP contribution in [0.15, 0.2) is 65.7 Å². The molecule has 26 heavy (non-hydrogen) atoms. The summed E-state index contributed by atoms with van der Waals surface area (Å²) in [5.41, 5.74) is 1.70. The van der Waals surface area contributed by atoms with Crippen LogP contribution in [0.3, 0.4) is 0 Å². The Morgan fingerprint density at radius 3 is 2.62 bits per heavy atom. The minimum absolute atomic E-state index is 0.379. The van der Waals surface area contributed by atoms with Gasteiger partial charge in [0.2, 0.25) is 0 Å². The maximum absolute atomic E-state index is 10.9. The fraction of sp³-hybridized carbons (Fsp3) is 0.143. The van der Waals surface area contributed by atoms with E-state index < -0.39 is 12.1 Å². The predicted octanol–water partition coefficient (Wildman–Crippen LogP) is 4.45. The van der Waals surface area contributed by atoms with Gasteiger partial charge in [0.25, 0.3) is 0 Å². The molecule has 0 aliphatic rings. The van der Waals surface area contributed by atoms with E-state index in [1.54, 1.807) is 24.4 Å². The molecule has 0 radical (unpaired) electrons. The van der Waals surface area contributed by atoms with Gasteiger partial charge in [0.05, 0.1) is 12.8 Å². The number of benzene rings is 3. The molecule has 0 aliphatic carbocycles. The summed E-state index contributed by atoms with van der Waals surface area (Å²) in [4.78, 5) is 15.5. The van der Waals surface area contributed by atoms with Gasteiger partial charge in [-0.25, -0.2) is 4.79 Å². The van der Waals surface area contributed by atoms with Crippen LogP contribution < -0.4 is 9.47 Å². The number of carbonyl (C=O) groups is 1. The summed E-state index contributed by atoms with van der Waals surface area (Å²) >= 11 is 0. The van der Waals surface area contributed by atoms with Crippen molar-refractivity contribution < 1.29 is 19.4 Å². The van der Waals surface area contributed by atoms with Crippen LogP contribution >= 0.6 is 0 Å². The first-order chi connectivity index (χ1) is 12.6. The largest absolute Gasteiger partial charge is 0.493 e. The van der Waals surface area contributed by atoms with Gasteiger partial charge in [-0.1, -0.05) is 36.4 Å². The van der Waals surface area contributed by atoms with Gasteiger partial charge in [-0.05, 0) is 42.1 Å². The normalized spacial score (nSPS) is 12.2. The second-order valence-electron chi connectivity index (χ2n) is 5.77. The number of fused-ring (bicyclic) bond motifs is 1. The summed E-state index contributed by atoms with van der Waals surface area (Å²) < 4.78 is 10.7. The lowest BCUT2D eigenvalue weighted by atomic mass is 10.1. The molecule has 3 aromatic rings. The summed E-state index contributed by atoms with van der Waals surface area (Å²) in [5, 5.41) is 11.2. The molecule has 0 unspecified atom stereocenters. The van der Waals surface area contributed by atoms with Gasteiger partial charge in [-0.15, -0.1) is 0 Å². The number of carboxylic acids is 1. The van der Waals surface area contributed by atoms with Crippen molar-refractivity contribution in [1.29, 1.82) is 0 Å². The SMILES string of the molecule is COc1cc(C=Nc2cccc3ccccc23)ccc1O[C@@H](C)C(=O)O. The van der Waals surface area contributed by atoms with Crippen LogP contribution in [-0.2, 0) is 4.79 Å². The Morgan fingerprint density at radius 1 is 1.08 bits per heavy atom. The molecule has 0 amide bonds. The third kappa shape index (κ3) is 3.83. The Hall–Kier alpha value is -3.34. The van der Waals surface area contributed by atoms with E-state index in [0.29, 0.717) is 11.5 Å². The molecule has 0 saturated carbocycles. The standard InChI is InChI=1S/C21H19NO4/c1-14(21(23)24)26-19-11-10-15(12-20(19)25-2)13-22-18-9-5-7-16-6-3-4-8-17(16)18/h3-14H,1-2H3,(H,23,24)/t14-/m0/s1. The maximum Gasteiger partial charge on any atom is 0.344 e. The fourth-order valence-electron chi connectivity index (χ4n) is 2.57. The quantitative estimate of drug-likeness (QED) is 0.668. The van der Waals surface area contributed by atoms with Gasteiger partial charge in [-0.2, -0.15) is 0 Å². The van der Waals surface area contributed by atoms with Crippen LogP contribution in [0, 0.1) is 0 Å². The number of hydrogen-bond donors (Lipinski definition) is 1. The third-order valence-corrected chi connectivity index (χ3v) is 3.96. The Labute approximate surface area is 151 Å². The molecule has 0 saturated heterocycles. The fourth-order valence-corrected chi connectivity index (χ4v) is 2.57. The highest BCUT2D eigenvalue weighted by Gasteiger charge is 2.15. The van der Waals surface area contributed by atoms with Gasteiger partial charge in [-0.3, -0.25) is 4.99 Å². The number of carboxylic acid groups (broad SMARTS) is 1. The third-order valence-electron chi connectivity index (χ3n) is 3.96. The van der Waals surface area contributed by atoms with Crippen molar-refractivity contribution in [3.63, 3.8) is 0 Å². The molecule has 1 atom stereocenters. The zero-order chi connectivity index (χ0) is 18.5. The zero-order valence-electron chi connectivity index (χ0n) is 14.5. The summed E-state index contributed by atoms with van der Waals surface area (Å²) in [7, 11) is 1.51. The van der Waals surface area contributed by atoms with Crippen molar-refractivity contribution in [2.45, 2.75) is 13.0 Å². The highest BCUT2D eigenvalue weighted by atomic mass is 16.5. The van der Waals surface area contributed by atoms with Gasteiger partial charge in [0.15, 0.2) is 17.6 Å². The highest BCUT2D eigenvalue weighted by molar-refractivity contribution is 5.95. The van der Waals surface area contributed by atoms with Crippen molar-refractivity contribution in [2.75, 3.05) is 7.11 Å². The lowest BCUT2D eigenvalue weighted by Crippen LogP contribution is -2.23. The average molecular weight is 349 g/mol. The molecule has 0 heterocycles. The van der Waals surface area contributed by atoms with Crippen LogP contribution in [0.1, 0.15) is 12.5 Å². The van der Waals surface area contributed by atoms with E-state index in [1.165, 1.54) is 14.0 Å².